The summed E-state index contributed by atoms with van der Waals surface area (Å²) in [6, 6.07) is 1.89. The Bertz CT molecular complexity index is 882. The molecule has 2 unspecified atom stereocenters. The summed E-state index contributed by atoms with van der Waals surface area (Å²) in [6.07, 6.45) is 10.9. The maximum atomic E-state index is 14.8. The molecule has 1 N–H and O–H groups in total. The number of nitriles is 1. The van der Waals surface area contributed by atoms with Crippen molar-refractivity contribution in [3.63, 3.8) is 0 Å². The zero-order valence-corrected chi connectivity index (χ0v) is 19.3. The molecule has 174 valence electrons. The Kier molecular flexibility index (Phi) is 10.6. The molecule has 0 radical (unpaired) electrons. The van der Waals surface area contributed by atoms with Gasteiger partial charge in [-0.05, 0) is 36.3 Å². The van der Waals surface area contributed by atoms with Crippen molar-refractivity contribution >= 4 is 11.8 Å². The van der Waals surface area contributed by atoms with Crippen molar-refractivity contribution in [3.05, 3.63) is 84.8 Å². The van der Waals surface area contributed by atoms with E-state index in [0.29, 0.717) is 24.2 Å². The Morgan fingerprint density at radius 2 is 2.16 bits per heavy atom. The lowest BCUT2D eigenvalue weighted by Crippen LogP contribution is -2.50. The summed E-state index contributed by atoms with van der Waals surface area (Å²) >= 11 is 0.913. The van der Waals surface area contributed by atoms with E-state index in [0.717, 1.165) is 17.8 Å². The average molecular weight is 467 g/mol. The van der Waals surface area contributed by atoms with Gasteiger partial charge in [0.1, 0.15) is 11.5 Å². The lowest BCUT2D eigenvalue weighted by Gasteiger charge is -2.35. The minimum absolute atomic E-state index is 0.202. The van der Waals surface area contributed by atoms with Crippen LogP contribution in [0.25, 0.3) is 0 Å². The largest absolute Gasteiger partial charge is 0.458 e. The molecule has 4 nitrogen and oxygen atoms in total. The smallest absolute Gasteiger partial charge is 0.292 e. The number of alkyl halides is 2. The monoisotopic (exact) mass is 466 g/mol. The number of nitrogens with zero attached hydrogens (tertiary/aromatic N) is 2. The normalized spacial score (nSPS) is 27.6. The molecule has 0 aromatic heterocycles. The van der Waals surface area contributed by atoms with E-state index in [-0.39, 0.29) is 11.5 Å². The van der Waals surface area contributed by atoms with Crippen molar-refractivity contribution < 1.29 is 23.0 Å². The highest BCUT2D eigenvalue weighted by atomic mass is 32.2. The van der Waals surface area contributed by atoms with Crippen LogP contribution < -0.4 is 0 Å². The fourth-order valence-electron chi connectivity index (χ4n) is 2.79. The molecule has 0 aromatic carbocycles. The molecule has 0 saturated carbocycles. The molecule has 0 bridgehead atoms. The van der Waals surface area contributed by atoms with Crippen LogP contribution in [-0.4, -0.2) is 47.1 Å². The maximum absolute atomic E-state index is 14.8. The summed E-state index contributed by atoms with van der Waals surface area (Å²) in [4.78, 5) is 1.69. The molecule has 0 saturated heterocycles. The van der Waals surface area contributed by atoms with Gasteiger partial charge < -0.3 is 14.7 Å². The molecule has 1 aliphatic heterocycles. The van der Waals surface area contributed by atoms with E-state index in [1.807, 2.05) is 13.0 Å². The van der Waals surface area contributed by atoms with Crippen LogP contribution in [0.4, 0.5) is 13.2 Å². The van der Waals surface area contributed by atoms with Crippen LogP contribution in [0.1, 0.15) is 13.3 Å². The van der Waals surface area contributed by atoms with E-state index in [9.17, 15) is 23.5 Å². The summed E-state index contributed by atoms with van der Waals surface area (Å²) in [5, 5.41) is 20.3. The summed E-state index contributed by atoms with van der Waals surface area (Å²) in [6.45, 7) is 8.83. The van der Waals surface area contributed by atoms with Crippen molar-refractivity contribution in [3.8, 4) is 6.07 Å². The molecular formula is C24H29F3N2O2S. The molecule has 0 spiro atoms. The number of thioether (sulfide) groups is 1. The highest BCUT2D eigenvalue weighted by Gasteiger charge is 2.53. The fourth-order valence-corrected chi connectivity index (χ4v) is 3.62. The van der Waals surface area contributed by atoms with Gasteiger partial charge in [0, 0.05) is 31.6 Å². The average Bonchev–Trinajstić information content (AvgIpc) is 2.75. The number of hydrogen-bond acceptors (Lipinski definition) is 5. The molecular weight excluding hydrogens is 437 g/mol. The molecule has 1 heterocycles. The summed E-state index contributed by atoms with van der Waals surface area (Å²) < 4.78 is 48.2. The number of halogens is 3. The first kappa shape index (κ1) is 27.4. The van der Waals surface area contributed by atoms with E-state index in [1.165, 1.54) is 12.2 Å². The number of rotatable bonds is 7. The van der Waals surface area contributed by atoms with Crippen molar-refractivity contribution in [2.45, 2.75) is 24.9 Å². The molecule has 2 atom stereocenters. The van der Waals surface area contributed by atoms with Gasteiger partial charge in [0.25, 0.3) is 5.92 Å². The van der Waals surface area contributed by atoms with Crippen molar-refractivity contribution in [2.24, 2.45) is 5.92 Å². The van der Waals surface area contributed by atoms with Gasteiger partial charge >= 0.3 is 0 Å². The molecule has 0 amide bonds. The van der Waals surface area contributed by atoms with Crippen molar-refractivity contribution in [2.75, 3.05) is 25.6 Å². The molecule has 0 fully saturated rings. The van der Waals surface area contributed by atoms with Gasteiger partial charge in [-0.25, -0.2) is 13.2 Å². The van der Waals surface area contributed by atoms with E-state index in [2.05, 4.69) is 13.2 Å². The van der Waals surface area contributed by atoms with Gasteiger partial charge in [0.05, 0.1) is 24.1 Å². The molecule has 8 heteroatoms. The predicted molar refractivity (Wildman–Crippen MR) is 124 cm³/mol. The maximum Gasteiger partial charge on any atom is 0.292 e. The van der Waals surface area contributed by atoms with Crippen LogP contribution in [0.15, 0.2) is 84.8 Å². The number of aliphatic hydroxyl groups is 1. The fraction of sp³-hybridized carbons (Fsp3) is 0.375. The van der Waals surface area contributed by atoms with E-state index in [1.54, 1.807) is 43.3 Å². The molecule has 1 rings (SSSR count). The van der Waals surface area contributed by atoms with Crippen molar-refractivity contribution in [1.29, 1.82) is 5.26 Å². The third-order valence-corrected chi connectivity index (χ3v) is 5.64. The number of hydrogen-bond donors (Lipinski definition) is 1. The first-order valence-corrected chi connectivity index (χ1v) is 11.0. The Hall–Kier alpha value is -2.63. The predicted octanol–water partition coefficient (Wildman–Crippen LogP) is 5.66. The van der Waals surface area contributed by atoms with Crippen molar-refractivity contribution in [1.82, 2.24) is 4.90 Å². The first-order chi connectivity index (χ1) is 15.1. The van der Waals surface area contributed by atoms with Crippen LogP contribution in [0.2, 0.25) is 0 Å². The van der Waals surface area contributed by atoms with E-state index < -0.39 is 28.8 Å². The number of likely N-dealkylation sites (N-methyl/N-ethyl adjacent to an activating group) is 1. The zero-order valence-electron chi connectivity index (χ0n) is 18.5. The van der Waals surface area contributed by atoms with Gasteiger partial charge in [-0.3, -0.25) is 0 Å². The highest BCUT2D eigenvalue weighted by molar-refractivity contribution is 7.99. The van der Waals surface area contributed by atoms with Crippen LogP contribution >= 0.6 is 11.8 Å². The van der Waals surface area contributed by atoms with Gasteiger partial charge in [0.15, 0.2) is 5.60 Å². The lowest BCUT2D eigenvalue weighted by atomic mass is 9.81. The zero-order chi connectivity index (χ0) is 24.4. The quantitative estimate of drug-likeness (QED) is 0.298. The Morgan fingerprint density at radius 3 is 2.69 bits per heavy atom. The second kappa shape index (κ2) is 12.4. The minimum Gasteiger partial charge on any atom is -0.458 e. The van der Waals surface area contributed by atoms with Crippen LogP contribution in [0.5, 0.6) is 0 Å². The summed E-state index contributed by atoms with van der Waals surface area (Å²) in [5.74, 6) is -4.74. The molecule has 0 aromatic rings. The minimum atomic E-state index is -3.58. The summed E-state index contributed by atoms with van der Waals surface area (Å²) in [5.41, 5.74) is -2.65. The Morgan fingerprint density at radius 1 is 1.47 bits per heavy atom. The topological polar surface area (TPSA) is 56.5 Å². The molecule has 32 heavy (non-hydrogen) atoms. The van der Waals surface area contributed by atoms with Gasteiger partial charge in [0.2, 0.25) is 0 Å². The Balaban J connectivity index is 3.49. The number of allylic oxidation sites excluding steroid dienone is 5. The van der Waals surface area contributed by atoms with Crippen LogP contribution in [-0.2, 0) is 4.74 Å². The lowest BCUT2D eigenvalue weighted by molar-refractivity contribution is -0.118. The van der Waals surface area contributed by atoms with Gasteiger partial charge in [-0.15, -0.1) is 0 Å². The molecule has 0 aliphatic carbocycles. The van der Waals surface area contributed by atoms with Gasteiger partial charge in [-0.1, -0.05) is 32.2 Å². The summed E-state index contributed by atoms with van der Waals surface area (Å²) in [7, 11) is 3.48. The third kappa shape index (κ3) is 6.94. The second-order valence-electron chi connectivity index (χ2n) is 7.17. The van der Waals surface area contributed by atoms with Crippen LogP contribution in [0.3, 0.4) is 0 Å². The Labute approximate surface area is 192 Å². The highest BCUT2D eigenvalue weighted by Crippen LogP contribution is 2.41. The second-order valence-corrected chi connectivity index (χ2v) is 8.20. The standard InChI is InChI=1S/C24H29F3N2O2S/c1-6-9-21(15-20(11-12-25)29(4)5)31-22-10-8-13-32-17-24(26,27)23(30,7-2)18(3)19(14-22)16-28/h7-12,14-15,19,30H,2-3,6,13,17H2,1,4-5H3/b10-8-,12-11+,20-15+,21-9+,22-14-. The van der Waals surface area contributed by atoms with Crippen LogP contribution in [0, 0.1) is 17.2 Å². The SMILES string of the molecule is C=CC1(O)C(=C)C(C#N)/C=C(OC(=C/CC)/C=C(\C=C\F)N(C)C)/C=C\CSCC1(F)F. The third-order valence-electron chi connectivity index (χ3n) is 4.65. The molecule has 1 aliphatic rings. The van der Waals surface area contributed by atoms with E-state index in [4.69, 9.17) is 4.74 Å². The first-order valence-electron chi connectivity index (χ1n) is 9.88. The van der Waals surface area contributed by atoms with Gasteiger partial charge in [-0.2, -0.15) is 17.0 Å². The van der Waals surface area contributed by atoms with E-state index >= 15 is 0 Å². The number of ether oxygens (including phenoxy) is 1.